The number of anilines is 1. The van der Waals surface area contributed by atoms with E-state index in [0.717, 1.165) is 17.3 Å². The summed E-state index contributed by atoms with van der Waals surface area (Å²) in [5, 5.41) is 6.19. The number of ether oxygens (including phenoxy) is 1. The van der Waals surface area contributed by atoms with Crippen molar-refractivity contribution in [2.24, 2.45) is 0 Å². The molecule has 33 heavy (non-hydrogen) atoms. The third-order valence-corrected chi connectivity index (χ3v) is 5.69. The Morgan fingerprint density at radius 1 is 1.24 bits per heavy atom. The molecule has 3 aromatic rings. The number of halogens is 4. The number of rotatable bonds is 7. The quantitative estimate of drug-likeness (QED) is 0.341. The van der Waals surface area contributed by atoms with Crippen LogP contribution in [0.3, 0.4) is 0 Å². The number of amides is 1. The van der Waals surface area contributed by atoms with Crippen molar-refractivity contribution in [1.29, 1.82) is 0 Å². The standard InChI is InChI=1S/C21H17ClF3N3O4S/c1-11-15(12(2)32-28-11)10-33-19-14(4-3-7-26-19)20(30)31-9-18(29)27-17-6-5-13(22)8-16(17)21(23,24)25/h3-8H,9-10H2,1-2H3,(H,27,29). The molecule has 0 saturated heterocycles. The first kappa shape index (κ1) is 24.6. The topological polar surface area (TPSA) is 94.3 Å². The Morgan fingerprint density at radius 3 is 2.67 bits per heavy atom. The van der Waals surface area contributed by atoms with Gasteiger partial charge in [0.15, 0.2) is 6.61 Å². The van der Waals surface area contributed by atoms with Crippen molar-refractivity contribution >= 4 is 40.9 Å². The fourth-order valence-electron chi connectivity index (χ4n) is 2.76. The number of nitrogens with one attached hydrogen (secondary N) is 1. The molecule has 174 valence electrons. The van der Waals surface area contributed by atoms with Gasteiger partial charge in [-0.15, -0.1) is 11.8 Å². The van der Waals surface area contributed by atoms with Crippen LogP contribution < -0.4 is 5.32 Å². The molecule has 1 aromatic carbocycles. The number of esters is 1. The monoisotopic (exact) mass is 499 g/mol. The summed E-state index contributed by atoms with van der Waals surface area (Å²) in [7, 11) is 0. The molecule has 0 radical (unpaired) electrons. The minimum Gasteiger partial charge on any atom is -0.452 e. The summed E-state index contributed by atoms with van der Waals surface area (Å²) < 4.78 is 49.6. The number of nitrogens with zero attached hydrogens (tertiary/aromatic N) is 2. The largest absolute Gasteiger partial charge is 0.452 e. The molecule has 0 aliphatic heterocycles. The Labute approximate surface area is 195 Å². The molecule has 0 atom stereocenters. The summed E-state index contributed by atoms with van der Waals surface area (Å²) in [6, 6.07) is 5.93. The van der Waals surface area contributed by atoms with Crippen LogP contribution in [0.15, 0.2) is 46.1 Å². The van der Waals surface area contributed by atoms with Gasteiger partial charge in [-0.1, -0.05) is 16.8 Å². The van der Waals surface area contributed by atoms with E-state index < -0.39 is 35.9 Å². The SMILES string of the molecule is Cc1noc(C)c1CSc1ncccc1C(=O)OCC(=O)Nc1ccc(Cl)cc1C(F)(F)F. The predicted octanol–water partition coefficient (Wildman–Crippen LogP) is 5.45. The van der Waals surface area contributed by atoms with Crippen molar-refractivity contribution in [2.75, 3.05) is 11.9 Å². The fraction of sp³-hybridized carbons (Fsp3) is 0.238. The van der Waals surface area contributed by atoms with E-state index in [4.69, 9.17) is 20.9 Å². The van der Waals surface area contributed by atoms with Crippen molar-refractivity contribution in [3.8, 4) is 0 Å². The fourth-order valence-corrected chi connectivity index (χ4v) is 4.07. The molecular formula is C21H17ClF3N3O4S. The summed E-state index contributed by atoms with van der Waals surface area (Å²) in [5.74, 6) is -0.691. The van der Waals surface area contributed by atoms with Gasteiger partial charge in [0, 0.05) is 22.5 Å². The van der Waals surface area contributed by atoms with Gasteiger partial charge in [0.25, 0.3) is 5.91 Å². The summed E-state index contributed by atoms with van der Waals surface area (Å²) >= 11 is 6.88. The normalized spacial score (nSPS) is 11.3. The molecule has 12 heteroatoms. The zero-order valence-electron chi connectivity index (χ0n) is 17.3. The van der Waals surface area contributed by atoms with Gasteiger partial charge >= 0.3 is 12.1 Å². The lowest BCUT2D eigenvalue weighted by atomic mass is 10.1. The second-order valence-corrected chi connectivity index (χ2v) is 8.16. The zero-order chi connectivity index (χ0) is 24.2. The maximum atomic E-state index is 13.2. The third kappa shape index (κ3) is 6.26. The number of carbonyl (C=O) groups is 2. The van der Waals surface area contributed by atoms with Gasteiger partial charge in [-0.25, -0.2) is 9.78 Å². The van der Waals surface area contributed by atoms with Gasteiger partial charge < -0.3 is 14.6 Å². The predicted molar refractivity (Wildman–Crippen MR) is 115 cm³/mol. The Balaban J connectivity index is 1.64. The van der Waals surface area contributed by atoms with Crippen LogP contribution in [0.1, 0.15) is 32.9 Å². The number of hydrogen-bond donors (Lipinski definition) is 1. The Kier molecular flexibility index (Phi) is 7.65. The van der Waals surface area contributed by atoms with E-state index in [9.17, 15) is 22.8 Å². The number of pyridine rings is 1. The van der Waals surface area contributed by atoms with E-state index in [-0.39, 0.29) is 10.6 Å². The number of thioether (sulfide) groups is 1. The van der Waals surface area contributed by atoms with Crippen molar-refractivity contribution in [1.82, 2.24) is 10.1 Å². The molecule has 0 fully saturated rings. The minimum absolute atomic E-state index is 0.115. The lowest BCUT2D eigenvalue weighted by Crippen LogP contribution is -2.23. The molecule has 0 aliphatic carbocycles. The van der Waals surface area contributed by atoms with Crippen LogP contribution in [-0.4, -0.2) is 28.6 Å². The van der Waals surface area contributed by atoms with Gasteiger partial charge in [-0.3, -0.25) is 4.79 Å². The molecule has 1 N–H and O–H groups in total. The molecule has 1 amide bonds. The summed E-state index contributed by atoms with van der Waals surface area (Å²) in [6.45, 7) is 2.78. The molecule has 0 saturated carbocycles. The summed E-state index contributed by atoms with van der Waals surface area (Å²) in [5.41, 5.74) is 0.0967. The molecule has 0 unspecified atom stereocenters. The van der Waals surface area contributed by atoms with E-state index >= 15 is 0 Å². The van der Waals surface area contributed by atoms with Crippen molar-refractivity contribution in [3.05, 3.63) is 69.7 Å². The second kappa shape index (κ2) is 10.3. The molecule has 0 aliphatic rings. The molecule has 0 bridgehead atoms. The highest BCUT2D eigenvalue weighted by Gasteiger charge is 2.34. The Bertz CT molecular complexity index is 1160. The molecular weight excluding hydrogens is 483 g/mol. The first-order valence-corrected chi connectivity index (χ1v) is 10.8. The number of benzene rings is 1. The average molecular weight is 500 g/mol. The van der Waals surface area contributed by atoms with Crippen LogP contribution in [-0.2, 0) is 21.5 Å². The molecule has 2 aromatic heterocycles. The number of alkyl halides is 3. The van der Waals surface area contributed by atoms with E-state index in [1.165, 1.54) is 36.2 Å². The van der Waals surface area contributed by atoms with Crippen LogP contribution in [0.4, 0.5) is 18.9 Å². The van der Waals surface area contributed by atoms with Gasteiger partial charge in [0.1, 0.15) is 10.8 Å². The number of aromatic nitrogens is 2. The Hall–Kier alpha value is -3.05. The van der Waals surface area contributed by atoms with Crippen LogP contribution in [0.2, 0.25) is 5.02 Å². The lowest BCUT2D eigenvalue weighted by molar-refractivity contribution is -0.137. The van der Waals surface area contributed by atoms with Gasteiger partial charge in [-0.05, 0) is 44.2 Å². The smallest absolute Gasteiger partial charge is 0.418 e. The van der Waals surface area contributed by atoms with E-state index in [1.54, 1.807) is 13.8 Å². The van der Waals surface area contributed by atoms with Crippen molar-refractivity contribution in [2.45, 2.75) is 30.8 Å². The highest BCUT2D eigenvalue weighted by molar-refractivity contribution is 7.98. The molecule has 2 heterocycles. The Morgan fingerprint density at radius 2 is 2.00 bits per heavy atom. The summed E-state index contributed by atoms with van der Waals surface area (Å²) in [6.07, 6.45) is -3.23. The number of aryl methyl sites for hydroxylation is 2. The van der Waals surface area contributed by atoms with Crippen LogP contribution in [0.5, 0.6) is 0 Å². The van der Waals surface area contributed by atoms with Crippen LogP contribution in [0, 0.1) is 13.8 Å². The number of hydrogen-bond acceptors (Lipinski definition) is 7. The van der Waals surface area contributed by atoms with Gasteiger partial charge in [-0.2, -0.15) is 13.2 Å². The van der Waals surface area contributed by atoms with Crippen LogP contribution in [0.25, 0.3) is 0 Å². The first-order valence-electron chi connectivity index (χ1n) is 9.39. The van der Waals surface area contributed by atoms with Crippen molar-refractivity contribution in [3.63, 3.8) is 0 Å². The molecule has 3 rings (SSSR count). The van der Waals surface area contributed by atoms with Gasteiger partial charge in [0.2, 0.25) is 0 Å². The maximum absolute atomic E-state index is 13.2. The molecule has 0 spiro atoms. The first-order chi connectivity index (χ1) is 15.6. The zero-order valence-corrected chi connectivity index (χ0v) is 18.9. The van der Waals surface area contributed by atoms with Gasteiger partial charge in [0.05, 0.1) is 22.5 Å². The highest BCUT2D eigenvalue weighted by atomic mass is 35.5. The molecule has 7 nitrogen and oxygen atoms in total. The van der Waals surface area contributed by atoms with Crippen molar-refractivity contribution < 1.29 is 32.0 Å². The number of carbonyl (C=O) groups excluding carboxylic acids is 2. The van der Waals surface area contributed by atoms with E-state index in [1.807, 2.05) is 0 Å². The minimum atomic E-state index is -4.73. The summed E-state index contributed by atoms with van der Waals surface area (Å²) in [4.78, 5) is 28.8. The second-order valence-electron chi connectivity index (χ2n) is 6.76. The lowest BCUT2D eigenvalue weighted by Gasteiger charge is -2.14. The average Bonchev–Trinajstić information content (AvgIpc) is 3.08. The third-order valence-electron chi connectivity index (χ3n) is 4.42. The van der Waals surface area contributed by atoms with Crippen LogP contribution >= 0.6 is 23.4 Å². The van der Waals surface area contributed by atoms with E-state index in [2.05, 4.69) is 15.5 Å². The highest BCUT2D eigenvalue weighted by Crippen LogP contribution is 2.36. The maximum Gasteiger partial charge on any atom is 0.418 e. The van der Waals surface area contributed by atoms with E-state index in [0.29, 0.717) is 22.6 Å².